The lowest BCUT2D eigenvalue weighted by atomic mass is 10.1. The van der Waals surface area contributed by atoms with Crippen molar-refractivity contribution in [2.75, 3.05) is 0 Å². The van der Waals surface area contributed by atoms with Gasteiger partial charge in [-0.25, -0.2) is 0 Å². The van der Waals surface area contributed by atoms with Crippen LogP contribution in [0.3, 0.4) is 0 Å². The molecule has 1 aliphatic carbocycles. The first-order valence-electron chi connectivity index (χ1n) is 7.30. The van der Waals surface area contributed by atoms with Crippen molar-refractivity contribution >= 4 is 11.6 Å². The van der Waals surface area contributed by atoms with Crippen LogP contribution in [0.15, 0.2) is 48.5 Å². The Bertz CT molecular complexity index is 589. The van der Waals surface area contributed by atoms with Gasteiger partial charge in [0, 0.05) is 17.6 Å². The molecule has 2 aromatic carbocycles. The molecular weight excluding hydrogens is 266 g/mol. The Morgan fingerprint density at radius 3 is 2.70 bits per heavy atom. The van der Waals surface area contributed by atoms with E-state index in [-0.39, 0.29) is 6.04 Å². The number of benzene rings is 2. The minimum atomic E-state index is 0.258. The van der Waals surface area contributed by atoms with Gasteiger partial charge >= 0.3 is 0 Å². The van der Waals surface area contributed by atoms with Gasteiger partial charge in [0.2, 0.25) is 0 Å². The molecular formula is C18H20ClN. The van der Waals surface area contributed by atoms with Gasteiger partial charge in [0.25, 0.3) is 0 Å². The molecule has 0 bridgehead atoms. The van der Waals surface area contributed by atoms with Crippen LogP contribution in [0.25, 0.3) is 0 Å². The van der Waals surface area contributed by atoms with Gasteiger partial charge in [-0.15, -0.1) is 0 Å². The third kappa shape index (κ3) is 3.23. The SMILES string of the molecule is C[C@@H](NCc1cccc(C2CC2)c1)c1ccccc1Cl. The van der Waals surface area contributed by atoms with Crippen LogP contribution in [-0.2, 0) is 6.54 Å². The summed E-state index contributed by atoms with van der Waals surface area (Å²) < 4.78 is 0. The van der Waals surface area contributed by atoms with Crippen LogP contribution in [0.2, 0.25) is 5.02 Å². The zero-order valence-electron chi connectivity index (χ0n) is 11.8. The molecule has 0 radical (unpaired) electrons. The number of hydrogen-bond donors (Lipinski definition) is 1. The summed E-state index contributed by atoms with van der Waals surface area (Å²) in [5, 5.41) is 4.39. The van der Waals surface area contributed by atoms with E-state index in [0.717, 1.165) is 23.0 Å². The molecule has 0 unspecified atom stereocenters. The fourth-order valence-corrected chi connectivity index (χ4v) is 2.88. The summed E-state index contributed by atoms with van der Waals surface area (Å²) in [6.07, 6.45) is 2.71. The van der Waals surface area contributed by atoms with Crippen molar-refractivity contribution < 1.29 is 0 Å². The molecule has 0 spiro atoms. The molecule has 1 fully saturated rings. The lowest BCUT2D eigenvalue weighted by Gasteiger charge is -2.16. The van der Waals surface area contributed by atoms with Crippen LogP contribution in [0.5, 0.6) is 0 Å². The highest BCUT2D eigenvalue weighted by molar-refractivity contribution is 6.31. The van der Waals surface area contributed by atoms with Gasteiger partial charge in [0.1, 0.15) is 0 Å². The molecule has 0 heterocycles. The van der Waals surface area contributed by atoms with Crippen molar-refractivity contribution in [3.8, 4) is 0 Å². The normalized spacial score (nSPS) is 16.1. The van der Waals surface area contributed by atoms with Crippen molar-refractivity contribution in [2.24, 2.45) is 0 Å². The predicted octanol–water partition coefficient (Wildman–Crippen LogP) is 5.07. The van der Waals surface area contributed by atoms with E-state index in [2.05, 4.69) is 42.6 Å². The molecule has 0 amide bonds. The fraction of sp³-hybridized carbons (Fsp3) is 0.333. The van der Waals surface area contributed by atoms with Crippen molar-refractivity contribution in [3.63, 3.8) is 0 Å². The van der Waals surface area contributed by atoms with Crippen LogP contribution in [0, 0.1) is 0 Å². The van der Waals surface area contributed by atoms with Crippen molar-refractivity contribution in [1.29, 1.82) is 0 Å². The fourth-order valence-electron chi connectivity index (χ4n) is 2.58. The summed E-state index contributed by atoms with van der Waals surface area (Å²) in [4.78, 5) is 0. The average molecular weight is 286 g/mol. The molecule has 2 aromatic rings. The van der Waals surface area contributed by atoms with Crippen LogP contribution >= 0.6 is 11.6 Å². The van der Waals surface area contributed by atoms with E-state index in [1.54, 1.807) is 0 Å². The van der Waals surface area contributed by atoms with E-state index >= 15 is 0 Å². The molecule has 2 heteroatoms. The van der Waals surface area contributed by atoms with Crippen LogP contribution in [-0.4, -0.2) is 0 Å². The standard InChI is InChI=1S/C18H20ClN/c1-13(17-7-2-3-8-18(17)19)20-12-14-5-4-6-16(11-14)15-9-10-15/h2-8,11,13,15,20H,9-10,12H2,1H3/t13-/m1/s1. The Hall–Kier alpha value is -1.31. The summed E-state index contributed by atoms with van der Waals surface area (Å²) in [6, 6.07) is 17.2. The minimum absolute atomic E-state index is 0.258. The number of hydrogen-bond acceptors (Lipinski definition) is 1. The van der Waals surface area contributed by atoms with Gasteiger partial charge in [0.05, 0.1) is 0 Å². The molecule has 1 saturated carbocycles. The zero-order valence-corrected chi connectivity index (χ0v) is 12.5. The Labute approximate surface area is 126 Å². The van der Waals surface area contributed by atoms with Crippen LogP contribution < -0.4 is 5.32 Å². The highest BCUT2D eigenvalue weighted by atomic mass is 35.5. The van der Waals surface area contributed by atoms with Gasteiger partial charge in [-0.2, -0.15) is 0 Å². The first kappa shape index (κ1) is 13.7. The quantitative estimate of drug-likeness (QED) is 0.809. The van der Waals surface area contributed by atoms with Gasteiger partial charge in [-0.3, -0.25) is 0 Å². The third-order valence-corrected chi connectivity index (χ3v) is 4.33. The molecule has 1 atom stereocenters. The zero-order chi connectivity index (χ0) is 13.9. The predicted molar refractivity (Wildman–Crippen MR) is 85.1 cm³/mol. The topological polar surface area (TPSA) is 12.0 Å². The molecule has 1 nitrogen and oxygen atoms in total. The Kier molecular flexibility index (Phi) is 4.09. The lowest BCUT2D eigenvalue weighted by molar-refractivity contribution is 0.574. The van der Waals surface area contributed by atoms with Crippen molar-refractivity contribution in [3.05, 3.63) is 70.2 Å². The molecule has 1 aliphatic rings. The summed E-state index contributed by atoms with van der Waals surface area (Å²) in [5.41, 5.74) is 4.01. The molecule has 104 valence electrons. The summed E-state index contributed by atoms with van der Waals surface area (Å²) in [5.74, 6) is 0.816. The lowest BCUT2D eigenvalue weighted by Crippen LogP contribution is -2.18. The second-order valence-electron chi connectivity index (χ2n) is 5.64. The third-order valence-electron chi connectivity index (χ3n) is 3.98. The number of halogens is 1. The monoisotopic (exact) mass is 285 g/mol. The average Bonchev–Trinajstić information content (AvgIpc) is 3.30. The molecule has 0 saturated heterocycles. The van der Waals surface area contributed by atoms with Gasteiger partial charge < -0.3 is 5.32 Å². The number of nitrogens with one attached hydrogen (secondary N) is 1. The smallest absolute Gasteiger partial charge is 0.0453 e. The first-order valence-corrected chi connectivity index (χ1v) is 7.68. The van der Waals surface area contributed by atoms with Crippen molar-refractivity contribution in [1.82, 2.24) is 5.32 Å². The van der Waals surface area contributed by atoms with E-state index in [1.807, 2.05) is 18.2 Å². The van der Waals surface area contributed by atoms with E-state index < -0.39 is 0 Å². The molecule has 3 rings (SSSR count). The molecule has 0 aliphatic heterocycles. The molecule has 1 N–H and O–H groups in total. The summed E-state index contributed by atoms with van der Waals surface area (Å²) in [7, 11) is 0. The van der Waals surface area contributed by atoms with E-state index in [4.69, 9.17) is 11.6 Å². The highest BCUT2D eigenvalue weighted by Crippen LogP contribution is 2.40. The van der Waals surface area contributed by atoms with E-state index in [1.165, 1.54) is 24.0 Å². The summed E-state index contributed by atoms with van der Waals surface area (Å²) in [6.45, 7) is 3.04. The van der Waals surface area contributed by atoms with Crippen LogP contribution in [0.1, 0.15) is 48.4 Å². The first-order chi connectivity index (χ1) is 9.74. The second-order valence-corrected chi connectivity index (χ2v) is 6.05. The number of rotatable bonds is 5. The highest BCUT2D eigenvalue weighted by Gasteiger charge is 2.23. The van der Waals surface area contributed by atoms with E-state index in [9.17, 15) is 0 Å². The maximum absolute atomic E-state index is 6.24. The van der Waals surface area contributed by atoms with Crippen LogP contribution in [0.4, 0.5) is 0 Å². The Morgan fingerprint density at radius 1 is 1.15 bits per heavy atom. The minimum Gasteiger partial charge on any atom is -0.306 e. The Morgan fingerprint density at radius 2 is 1.95 bits per heavy atom. The maximum Gasteiger partial charge on any atom is 0.0453 e. The van der Waals surface area contributed by atoms with Gasteiger partial charge in [-0.05, 0) is 48.4 Å². The van der Waals surface area contributed by atoms with Gasteiger partial charge in [-0.1, -0.05) is 54.1 Å². The van der Waals surface area contributed by atoms with Gasteiger partial charge in [0.15, 0.2) is 0 Å². The van der Waals surface area contributed by atoms with E-state index in [0.29, 0.717) is 0 Å². The largest absolute Gasteiger partial charge is 0.306 e. The molecule has 0 aromatic heterocycles. The molecule has 20 heavy (non-hydrogen) atoms. The maximum atomic E-state index is 6.24. The van der Waals surface area contributed by atoms with Crippen molar-refractivity contribution in [2.45, 2.75) is 38.3 Å². The Balaban J connectivity index is 1.64. The summed E-state index contributed by atoms with van der Waals surface area (Å²) >= 11 is 6.24. The second kappa shape index (κ2) is 5.99.